The molecule has 0 aromatic carbocycles. The first-order valence-corrected chi connectivity index (χ1v) is 2.92. The Morgan fingerprint density at radius 1 is 1.50 bits per heavy atom. The van der Waals surface area contributed by atoms with Crippen molar-refractivity contribution in [2.24, 2.45) is 0 Å². The Bertz CT molecular complexity index is 232. The standard InChI is InChI=1S/C4H4BClN2O2/c6-4-7-2-1-3(8-4)5(9)10/h1-2,9-10H. The summed E-state index contributed by atoms with van der Waals surface area (Å²) in [5.74, 6) is 0. The van der Waals surface area contributed by atoms with Crippen LogP contribution in [0.15, 0.2) is 12.3 Å². The van der Waals surface area contributed by atoms with E-state index in [4.69, 9.17) is 21.6 Å². The highest BCUT2D eigenvalue weighted by molar-refractivity contribution is 6.57. The van der Waals surface area contributed by atoms with Gasteiger partial charge in [0, 0.05) is 6.20 Å². The summed E-state index contributed by atoms with van der Waals surface area (Å²) in [5.41, 5.74) is 0.0972. The maximum absolute atomic E-state index is 8.55. The van der Waals surface area contributed by atoms with Gasteiger partial charge in [-0.1, -0.05) is 0 Å². The molecule has 0 radical (unpaired) electrons. The highest BCUT2D eigenvalue weighted by Crippen LogP contribution is 1.92. The summed E-state index contributed by atoms with van der Waals surface area (Å²) in [6.07, 6.45) is 1.35. The van der Waals surface area contributed by atoms with Crippen molar-refractivity contribution in [3.05, 3.63) is 17.5 Å². The summed E-state index contributed by atoms with van der Waals surface area (Å²) < 4.78 is 0. The van der Waals surface area contributed by atoms with Crippen molar-refractivity contribution >= 4 is 24.3 Å². The minimum atomic E-state index is -1.58. The van der Waals surface area contributed by atoms with E-state index in [9.17, 15) is 0 Å². The van der Waals surface area contributed by atoms with Crippen molar-refractivity contribution in [1.82, 2.24) is 9.97 Å². The first-order chi connectivity index (χ1) is 4.70. The molecular formula is C4H4BClN2O2. The fourth-order valence-corrected chi connectivity index (χ4v) is 0.646. The van der Waals surface area contributed by atoms with E-state index in [1.54, 1.807) is 0 Å². The number of aromatic nitrogens is 2. The van der Waals surface area contributed by atoms with Gasteiger partial charge in [-0.25, -0.2) is 9.97 Å². The Kier molecular flexibility index (Phi) is 2.21. The molecular weight excluding hydrogens is 154 g/mol. The van der Waals surface area contributed by atoms with Crippen LogP contribution >= 0.6 is 11.6 Å². The third kappa shape index (κ3) is 1.67. The van der Waals surface area contributed by atoms with Crippen LogP contribution in [-0.4, -0.2) is 27.1 Å². The van der Waals surface area contributed by atoms with E-state index in [1.165, 1.54) is 12.3 Å². The molecule has 2 N–H and O–H groups in total. The van der Waals surface area contributed by atoms with Crippen LogP contribution in [-0.2, 0) is 0 Å². The van der Waals surface area contributed by atoms with E-state index < -0.39 is 7.12 Å². The van der Waals surface area contributed by atoms with Gasteiger partial charge < -0.3 is 10.0 Å². The first-order valence-electron chi connectivity index (χ1n) is 2.55. The normalized spacial score (nSPS) is 9.50. The second kappa shape index (κ2) is 2.96. The van der Waals surface area contributed by atoms with E-state index in [0.717, 1.165) is 0 Å². The summed E-state index contributed by atoms with van der Waals surface area (Å²) in [6.45, 7) is 0. The zero-order valence-corrected chi connectivity index (χ0v) is 5.65. The fraction of sp³-hybridized carbons (Fsp3) is 0. The Morgan fingerprint density at radius 3 is 2.60 bits per heavy atom. The maximum Gasteiger partial charge on any atom is 0.508 e. The van der Waals surface area contributed by atoms with Crippen LogP contribution in [0.3, 0.4) is 0 Å². The molecule has 52 valence electrons. The summed E-state index contributed by atoms with van der Waals surface area (Å²) >= 11 is 5.34. The Balaban J connectivity index is 2.96. The molecule has 0 unspecified atom stereocenters. The second-order valence-electron chi connectivity index (χ2n) is 1.62. The molecule has 0 saturated carbocycles. The number of halogens is 1. The van der Waals surface area contributed by atoms with Gasteiger partial charge in [-0.2, -0.15) is 0 Å². The fourth-order valence-electron chi connectivity index (χ4n) is 0.492. The van der Waals surface area contributed by atoms with Crippen molar-refractivity contribution in [2.75, 3.05) is 0 Å². The lowest BCUT2D eigenvalue weighted by molar-refractivity contribution is 0.424. The molecule has 0 aliphatic heterocycles. The van der Waals surface area contributed by atoms with Crippen LogP contribution in [0.1, 0.15) is 0 Å². The van der Waals surface area contributed by atoms with E-state index in [-0.39, 0.29) is 10.9 Å². The minimum absolute atomic E-state index is 0.00519. The van der Waals surface area contributed by atoms with Gasteiger partial charge in [0.1, 0.15) is 0 Å². The minimum Gasteiger partial charge on any atom is -0.422 e. The molecule has 0 bridgehead atoms. The molecule has 1 aromatic rings. The van der Waals surface area contributed by atoms with Crippen molar-refractivity contribution in [2.45, 2.75) is 0 Å². The van der Waals surface area contributed by atoms with Crippen LogP contribution in [0.25, 0.3) is 0 Å². The predicted molar refractivity (Wildman–Crippen MR) is 36.9 cm³/mol. The van der Waals surface area contributed by atoms with Gasteiger partial charge in [0.25, 0.3) is 0 Å². The van der Waals surface area contributed by atoms with Gasteiger partial charge in [0.05, 0.1) is 5.59 Å². The molecule has 4 nitrogen and oxygen atoms in total. The topological polar surface area (TPSA) is 66.2 Å². The number of hydrogen-bond acceptors (Lipinski definition) is 4. The molecule has 0 spiro atoms. The monoisotopic (exact) mass is 158 g/mol. The SMILES string of the molecule is OB(O)c1ccnc(Cl)n1. The van der Waals surface area contributed by atoms with Crippen LogP contribution < -0.4 is 5.59 Å². The molecule has 1 heterocycles. The molecule has 0 saturated heterocycles. The zero-order chi connectivity index (χ0) is 7.56. The molecule has 6 heteroatoms. The van der Waals surface area contributed by atoms with E-state index in [2.05, 4.69) is 9.97 Å². The molecule has 0 atom stereocenters. The average molecular weight is 158 g/mol. The van der Waals surface area contributed by atoms with Crippen molar-refractivity contribution in [3.8, 4) is 0 Å². The van der Waals surface area contributed by atoms with Gasteiger partial charge in [0.15, 0.2) is 0 Å². The third-order valence-electron chi connectivity index (χ3n) is 0.912. The van der Waals surface area contributed by atoms with Gasteiger partial charge >= 0.3 is 7.12 Å². The molecule has 0 aliphatic carbocycles. The summed E-state index contributed by atoms with van der Waals surface area (Å²) in [7, 11) is -1.58. The lowest BCUT2D eigenvalue weighted by atomic mass is 9.86. The highest BCUT2D eigenvalue weighted by Gasteiger charge is 2.12. The lowest BCUT2D eigenvalue weighted by Crippen LogP contribution is -2.32. The van der Waals surface area contributed by atoms with Crippen molar-refractivity contribution < 1.29 is 10.0 Å². The van der Waals surface area contributed by atoms with Crippen LogP contribution in [0, 0.1) is 0 Å². The van der Waals surface area contributed by atoms with E-state index in [1.807, 2.05) is 0 Å². The number of rotatable bonds is 1. The van der Waals surface area contributed by atoms with Crippen LogP contribution in [0.4, 0.5) is 0 Å². The molecule has 10 heavy (non-hydrogen) atoms. The summed E-state index contributed by atoms with van der Waals surface area (Å²) in [5, 5.41) is 17.1. The predicted octanol–water partition coefficient (Wildman–Crippen LogP) is -1.19. The Morgan fingerprint density at radius 2 is 2.20 bits per heavy atom. The Labute approximate surface area is 62.7 Å². The molecule has 1 rings (SSSR count). The maximum atomic E-state index is 8.55. The van der Waals surface area contributed by atoms with Crippen molar-refractivity contribution in [1.29, 1.82) is 0 Å². The van der Waals surface area contributed by atoms with Crippen LogP contribution in [0.2, 0.25) is 5.28 Å². The second-order valence-corrected chi connectivity index (χ2v) is 1.96. The third-order valence-corrected chi connectivity index (χ3v) is 1.09. The quantitative estimate of drug-likeness (QED) is 0.398. The first kappa shape index (κ1) is 7.46. The van der Waals surface area contributed by atoms with Gasteiger partial charge in [-0.3, -0.25) is 0 Å². The van der Waals surface area contributed by atoms with Gasteiger partial charge in [-0.05, 0) is 17.7 Å². The van der Waals surface area contributed by atoms with Gasteiger partial charge in [-0.15, -0.1) is 0 Å². The Hall–Kier alpha value is -0.645. The molecule has 1 aromatic heterocycles. The summed E-state index contributed by atoms with van der Waals surface area (Å²) in [4.78, 5) is 7.08. The van der Waals surface area contributed by atoms with Crippen molar-refractivity contribution in [3.63, 3.8) is 0 Å². The van der Waals surface area contributed by atoms with E-state index >= 15 is 0 Å². The number of nitrogens with zero attached hydrogens (tertiary/aromatic N) is 2. The molecule has 0 fully saturated rings. The number of hydrogen-bond donors (Lipinski definition) is 2. The highest BCUT2D eigenvalue weighted by atomic mass is 35.5. The average Bonchev–Trinajstić information content (AvgIpc) is 1.88. The smallest absolute Gasteiger partial charge is 0.422 e. The zero-order valence-electron chi connectivity index (χ0n) is 4.90. The molecule has 0 aliphatic rings. The van der Waals surface area contributed by atoms with E-state index in [0.29, 0.717) is 0 Å². The summed E-state index contributed by atoms with van der Waals surface area (Å²) in [6, 6.07) is 1.37. The lowest BCUT2D eigenvalue weighted by Gasteiger charge is -1.95. The van der Waals surface area contributed by atoms with Gasteiger partial charge in [0.2, 0.25) is 5.28 Å². The molecule has 0 amide bonds. The van der Waals surface area contributed by atoms with Crippen LogP contribution in [0.5, 0.6) is 0 Å². The largest absolute Gasteiger partial charge is 0.508 e.